The summed E-state index contributed by atoms with van der Waals surface area (Å²) in [5, 5.41) is 5.43. The van der Waals surface area contributed by atoms with Gasteiger partial charge in [-0.2, -0.15) is 0 Å². The summed E-state index contributed by atoms with van der Waals surface area (Å²) in [6.07, 6.45) is 0.970. The number of rotatable bonds is 2. The number of thiophene rings is 2. The third kappa shape index (κ3) is 2.69. The van der Waals surface area contributed by atoms with Crippen LogP contribution in [0, 0.1) is 0 Å². The molecule has 134 valence electrons. The van der Waals surface area contributed by atoms with E-state index in [1.54, 1.807) is 0 Å². The van der Waals surface area contributed by atoms with Crippen molar-refractivity contribution in [3.05, 3.63) is 94.5 Å². The minimum Gasteiger partial charge on any atom is -0.135 e. The highest BCUT2D eigenvalue weighted by atomic mass is 79.9. The van der Waals surface area contributed by atoms with Gasteiger partial charge < -0.3 is 0 Å². The normalized spacial score (nSPS) is 11.9. The van der Waals surface area contributed by atoms with Gasteiger partial charge in [0.15, 0.2) is 0 Å². The van der Waals surface area contributed by atoms with Gasteiger partial charge in [-0.25, -0.2) is 0 Å². The molecule has 0 aliphatic rings. The summed E-state index contributed by atoms with van der Waals surface area (Å²) in [4.78, 5) is 0. The first-order chi connectivity index (χ1) is 13.7. The molecule has 0 aliphatic carbocycles. The molecule has 3 heteroatoms. The van der Waals surface area contributed by atoms with Crippen LogP contribution in [0.1, 0.15) is 11.1 Å². The van der Waals surface area contributed by atoms with E-state index in [0.717, 1.165) is 10.9 Å². The Hall–Kier alpha value is -2.20. The van der Waals surface area contributed by atoms with Gasteiger partial charge in [0.1, 0.15) is 0 Å². The average Bonchev–Trinajstić information content (AvgIpc) is 3.25. The first kappa shape index (κ1) is 16.7. The zero-order valence-electron chi connectivity index (χ0n) is 14.9. The van der Waals surface area contributed by atoms with Gasteiger partial charge in [0, 0.05) is 44.8 Å². The first-order valence-electron chi connectivity index (χ1n) is 9.25. The molecule has 0 N–H and O–H groups in total. The molecular formula is C25H15BrS2. The summed E-state index contributed by atoms with van der Waals surface area (Å²) in [5.41, 5.74) is 2.75. The molecule has 0 nitrogen and oxygen atoms in total. The van der Waals surface area contributed by atoms with Crippen LogP contribution in [-0.2, 0) is 6.42 Å². The van der Waals surface area contributed by atoms with E-state index < -0.39 is 0 Å². The SMILES string of the molecule is Brc1ccc2sc3cc(Cc4ccc5c(c4)sc4ccccc45)ccc3c2c1. The summed E-state index contributed by atoms with van der Waals surface area (Å²) >= 11 is 7.37. The Morgan fingerprint density at radius 3 is 1.89 bits per heavy atom. The summed E-state index contributed by atoms with van der Waals surface area (Å²) < 4.78 is 6.61. The van der Waals surface area contributed by atoms with Crippen molar-refractivity contribution in [2.75, 3.05) is 0 Å². The van der Waals surface area contributed by atoms with E-state index in [1.807, 2.05) is 22.7 Å². The van der Waals surface area contributed by atoms with Crippen LogP contribution < -0.4 is 0 Å². The predicted octanol–water partition coefficient (Wildman–Crippen LogP) is 8.78. The molecule has 6 rings (SSSR count). The number of hydrogen-bond acceptors (Lipinski definition) is 2. The number of hydrogen-bond donors (Lipinski definition) is 0. The molecule has 0 unspecified atom stereocenters. The average molecular weight is 459 g/mol. The second-order valence-electron chi connectivity index (χ2n) is 7.18. The molecule has 0 aliphatic heterocycles. The first-order valence-corrected chi connectivity index (χ1v) is 11.7. The highest BCUT2D eigenvalue weighted by Gasteiger charge is 2.08. The van der Waals surface area contributed by atoms with Gasteiger partial charge in [-0.3, -0.25) is 0 Å². The lowest BCUT2D eigenvalue weighted by Crippen LogP contribution is -1.87. The minimum atomic E-state index is 0.970. The molecule has 2 aromatic heterocycles. The molecule has 0 saturated heterocycles. The molecule has 4 aromatic carbocycles. The smallest absolute Gasteiger partial charge is 0.0358 e. The van der Waals surface area contributed by atoms with Crippen LogP contribution in [0.2, 0.25) is 0 Å². The van der Waals surface area contributed by atoms with Crippen molar-refractivity contribution < 1.29 is 0 Å². The van der Waals surface area contributed by atoms with Gasteiger partial charge in [0.05, 0.1) is 0 Å². The van der Waals surface area contributed by atoms with Crippen molar-refractivity contribution >= 4 is 78.9 Å². The van der Waals surface area contributed by atoms with Crippen LogP contribution in [0.25, 0.3) is 40.3 Å². The van der Waals surface area contributed by atoms with Crippen LogP contribution in [-0.4, -0.2) is 0 Å². The molecule has 0 fully saturated rings. The lowest BCUT2D eigenvalue weighted by atomic mass is 10.0. The molecular weight excluding hydrogens is 444 g/mol. The summed E-state index contributed by atoms with van der Waals surface area (Å²) in [5.74, 6) is 0. The fourth-order valence-electron chi connectivity index (χ4n) is 4.02. The summed E-state index contributed by atoms with van der Waals surface area (Å²) in [6, 6.07) is 29.1. The maximum Gasteiger partial charge on any atom is 0.0358 e. The van der Waals surface area contributed by atoms with E-state index in [1.165, 1.54) is 51.5 Å². The fourth-order valence-corrected chi connectivity index (χ4v) is 6.70. The van der Waals surface area contributed by atoms with E-state index in [-0.39, 0.29) is 0 Å². The zero-order valence-corrected chi connectivity index (χ0v) is 18.1. The molecule has 28 heavy (non-hydrogen) atoms. The van der Waals surface area contributed by atoms with Crippen molar-refractivity contribution in [2.24, 2.45) is 0 Å². The van der Waals surface area contributed by atoms with Gasteiger partial charge >= 0.3 is 0 Å². The van der Waals surface area contributed by atoms with Crippen molar-refractivity contribution in [2.45, 2.75) is 6.42 Å². The molecule has 0 atom stereocenters. The molecule has 0 amide bonds. The molecule has 0 saturated carbocycles. The Labute approximate surface area is 179 Å². The van der Waals surface area contributed by atoms with Crippen molar-refractivity contribution in [3.8, 4) is 0 Å². The van der Waals surface area contributed by atoms with Gasteiger partial charge in [0.25, 0.3) is 0 Å². The largest absolute Gasteiger partial charge is 0.135 e. The van der Waals surface area contributed by atoms with Crippen LogP contribution in [0.15, 0.2) is 83.3 Å². The molecule has 6 aromatic rings. The maximum atomic E-state index is 3.60. The molecule has 0 spiro atoms. The highest BCUT2D eigenvalue weighted by Crippen LogP contribution is 2.37. The monoisotopic (exact) mass is 458 g/mol. The molecule has 0 bridgehead atoms. The Morgan fingerprint density at radius 1 is 0.536 bits per heavy atom. The maximum absolute atomic E-state index is 3.60. The van der Waals surface area contributed by atoms with Crippen LogP contribution in [0.5, 0.6) is 0 Å². The number of halogens is 1. The van der Waals surface area contributed by atoms with E-state index >= 15 is 0 Å². The summed E-state index contributed by atoms with van der Waals surface area (Å²) in [6.45, 7) is 0. The minimum absolute atomic E-state index is 0.970. The molecule has 0 radical (unpaired) electrons. The van der Waals surface area contributed by atoms with E-state index in [2.05, 4.69) is 94.8 Å². The van der Waals surface area contributed by atoms with Crippen LogP contribution in [0.3, 0.4) is 0 Å². The third-order valence-electron chi connectivity index (χ3n) is 5.35. The lowest BCUT2D eigenvalue weighted by Gasteiger charge is -2.03. The van der Waals surface area contributed by atoms with E-state index in [9.17, 15) is 0 Å². The Kier molecular flexibility index (Phi) is 3.83. The van der Waals surface area contributed by atoms with Crippen molar-refractivity contribution in [1.82, 2.24) is 0 Å². The summed E-state index contributed by atoms with van der Waals surface area (Å²) in [7, 11) is 0. The molecule has 2 heterocycles. The Bertz CT molecular complexity index is 1500. The lowest BCUT2D eigenvalue weighted by molar-refractivity contribution is 1.21. The van der Waals surface area contributed by atoms with E-state index in [0.29, 0.717) is 0 Å². The standard InChI is InChI=1S/C25H15BrS2/c26-17-7-10-23-21(14-17)20-9-6-16(13-25(20)28-23)11-15-5-8-19-18-3-1-2-4-22(18)27-24(19)12-15/h1-10,12-14H,11H2. The van der Waals surface area contributed by atoms with Crippen LogP contribution >= 0.6 is 38.6 Å². The van der Waals surface area contributed by atoms with Crippen molar-refractivity contribution in [3.63, 3.8) is 0 Å². The highest BCUT2D eigenvalue weighted by molar-refractivity contribution is 9.10. The van der Waals surface area contributed by atoms with E-state index in [4.69, 9.17) is 0 Å². The number of fused-ring (bicyclic) bond motifs is 6. The second kappa shape index (κ2) is 6.41. The second-order valence-corrected chi connectivity index (χ2v) is 10.3. The third-order valence-corrected chi connectivity index (χ3v) is 8.11. The van der Waals surface area contributed by atoms with Gasteiger partial charge in [-0.1, -0.05) is 58.4 Å². The Balaban J connectivity index is 1.42. The van der Waals surface area contributed by atoms with Crippen LogP contribution in [0.4, 0.5) is 0 Å². The topological polar surface area (TPSA) is 0 Å². The zero-order chi connectivity index (χ0) is 18.7. The Morgan fingerprint density at radius 2 is 1.14 bits per heavy atom. The van der Waals surface area contributed by atoms with Gasteiger partial charge in [0.2, 0.25) is 0 Å². The predicted molar refractivity (Wildman–Crippen MR) is 129 cm³/mol. The van der Waals surface area contributed by atoms with Crippen molar-refractivity contribution in [1.29, 1.82) is 0 Å². The van der Waals surface area contributed by atoms with Gasteiger partial charge in [-0.05, 0) is 53.9 Å². The van der Waals surface area contributed by atoms with Gasteiger partial charge in [-0.15, -0.1) is 22.7 Å². The number of benzene rings is 4. The fraction of sp³-hybridized carbons (Fsp3) is 0.0400. The quantitative estimate of drug-likeness (QED) is 0.243.